The maximum Gasteiger partial charge on any atom is 0.281 e. The fraction of sp³-hybridized carbons (Fsp3) is 0.467. The summed E-state index contributed by atoms with van der Waals surface area (Å²) in [6, 6.07) is 5.95. The van der Waals surface area contributed by atoms with Gasteiger partial charge in [0.1, 0.15) is 5.01 Å². The summed E-state index contributed by atoms with van der Waals surface area (Å²) in [6.45, 7) is 1.14. The van der Waals surface area contributed by atoms with Crippen molar-refractivity contribution in [3.63, 3.8) is 0 Å². The first kappa shape index (κ1) is 16.5. The van der Waals surface area contributed by atoms with E-state index in [0.29, 0.717) is 19.0 Å². The monoisotopic (exact) mass is 352 g/mol. The summed E-state index contributed by atoms with van der Waals surface area (Å²) >= 11 is 1.57. The minimum absolute atomic E-state index is 0.309. The second-order valence-electron chi connectivity index (χ2n) is 5.86. The topological polar surface area (TPSA) is 66.4 Å². The lowest BCUT2D eigenvalue weighted by atomic mass is 10.0. The van der Waals surface area contributed by atoms with Crippen molar-refractivity contribution in [1.29, 1.82) is 0 Å². The van der Waals surface area contributed by atoms with Gasteiger partial charge in [-0.1, -0.05) is 6.07 Å². The SMILES string of the molecule is CN(C)S(=O)(=O)N1CC[C@@H](Cc2cccc(-c3nccs3)n2)C1. The summed E-state index contributed by atoms with van der Waals surface area (Å²) < 4.78 is 27.2. The van der Waals surface area contributed by atoms with E-state index in [-0.39, 0.29) is 0 Å². The lowest BCUT2D eigenvalue weighted by Gasteiger charge is -2.20. The minimum Gasteiger partial charge on any atom is -0.250 e. The first-order valence-electron chi connectivity index (χ1n) is 7.50. The molecule has 2 aromatic rings. The lowest BCUT2D eigenvalue weighted by molar-refractivity contribution is 0.409. The standard InChI is InChI=1S/C15H20N4O2S2/c1-18(2)23(20,21)19-8-6-12(11-19)10-13-4-3-5-14(17-13)15-16-7-9-22-15/h3-5,7,9,12H,6,8,10-11H2,1-2H3/t12-/m0/s1. The van der Waals surface area contributed by atoms with E-state index in [1.807, 2.05) is 23.6 Å². The Hall–Kier alpha value is -1.35. The van der Waals surface area contributed by atoms with E-state index in [4.69, 9.17) is 0 Å². The zero-order chi connectivity index (χ0) is 16.4. The molecule has 1 aliphatic heterocycles. The Balaban J connectivity index is 1.68. The number of rotatable bonds is 5. The quantitative estimate of drug-likeness (QED) is 0.824. The number of aromatic nitrogens is 2. The van der Waals surface area contributed by atoms with Crippen LogP contribution in [0, 0.1) is 5.92 Å². The highest BCUT2D eigenvalue weighted by atomic mass is 32.2. The maximum absolute atomic E-state index is 12.2. The zero-order valence-corrected chi connectivity index (χ0v) is 14.8. The molecular weight excluding hydrogens is 332 g/mol. The third kappa shape index (κ3) is 3.60. The third-order valence-corrected chi connectivity index (χ3v) is 6.70. The average molecular weight is 352 g/mol. The van der Waals surface area contributed by atoms with Crippen molar-refractivity contribution in [1.82, 2.24) is 18.6 Å². The van der Waals surface area contributed by atoms with Gasteiger partial charge in [-0.2, -0.15) is 17.0 Å². The Morgan fingerprint density at radius 3 is 2.91 bits per heavy atom. The molecule has 0 N–H and O–H groups in total. The molecule has 1 atom stereocenters. The molecule has 0 aromatic carbocycles. The highest BCUT2D eigenvalue weighted by Crippen LogP contribution is 2.25. The summed E-state index contributed by atoms with van der Waals surface area (Å²) in [7, 11) is -0.165. The maximum atomic E-state index is 12.2. The van der Waals surface area contributed by atoms with E-state index in [0.717, 1.165) is 29.2 Å². The second-order valence-corrected chi connectivity index (χ2v) is 8.90. The molecule has 2 aromatic heterocycles. The highest BCUT2D eigenvalue weighted by Gasteiger charge is 2.32. The van der Waals surface area contributed by atoms with E-state index >= 15 is 0 Å². The van der Waals surface area contributed by atoms with Gasteiger partial charge in [0, 0.05) is 44.5 Å². The fourth-order valence-electron chi connectivity index (χ4n) is 2.76. The third-order valence-electron chi connectivity index (χ3n) is 3.99. The molecule has 0 bridgehead atoms. The van der Waals surface area contributed by atoms with Gasteiger partial charge in [-0.25, -0.2) is 4.98 Å². The predicted molar refractivity (Wildman–Crippen MR) is 91.3 cm³/mol. The van der Waals surface area contributed by atoms with Crippen LogP contribution in [0.15, 0.2) is 29.8 Å². The van der Waals surface area contributed by atoms with Gasteiger partial charge < -0.3 is 0 Å². The van der Waals surface area contributed by atoms with Gasteiger partial charge >= 0.3 is 0 Å². The van der Waals surface area contributed by atoms with Gasteiger partial charge in [0.15, 0.2) is 0 Å². The van der Waals surface area contributed by atoms with Crippen LogP contribution in [0.5, 0.6) is 0 Å². The minimum atomic E-state index is -3.31. The summed E-state index contributed by atoms with van der Waals surface area (Å²) in [5.41, 5.74) is 1.88. The van der Waals surface area contributed by atoms with E-state index in [1.54, 1.807) is 35.9 Å². The lowest BCUT2D eigenvalue weighted by Crippen LogP contribution is -2.38. The molecule has 1 fully saturated rings. The number of nitrogens with zero attached hydrogens (tertiary/aromatic N) is 4. The molecule has 3 heterocycles. The van der Waals surface area contributed by atoms with Crippen LogP contribution >= 0.6 is 11.3 Å². The molecule has 3 rings (SSSR count). The van der Waals surface area contributed by atoms with Crippen molar-refractivity contribution in [3.8, 4) is 10.7 Å². The normalized spacial score (nSPS) is 19.5. The van der Waals surface area contributed by atoms with Crippen molar-refractivity contribution < 1.29 is 8.42 Å². The molecule has 0 saturated carbocycles. The molecule has 0 aliphatic carbocycles. The van der Waals surface area contributed by atoms with Crippen LogP contribution in [0.3, 0.4) is 0 Å². The van der Waals surface area contributed by atoms with Crippen LogP contribution in [0.4, 0.5) is 0 Å². The van der Waals surface area contributed by atoms with Crippen molar-refractivity contribution in [2.45, 2.75) is 12.8 Å². The average Bonchev–Trinajstić information content (AvgIpc) is 3.19. The first-order valence-corrected chi connectivity index (χ1v) is 9.78. The Morgan fingerprint density at radius 1 is 1.39 bits per heavy atom. The molecule has 0 amide bonds. The molecule has 1 saturated heterocycles. The largest absolute Gasteiger partial charge is 0.281 e. The van der Waals surface area contributed by atoms with Gasteiger partial charge in [0.05, 0.1) is 5.69 Å². The highest BCUT2D eigenvalue weighted by molar-refractivity contribution is 7.86. The van der Waals surface area contributed by atoms with Crippen LogP contribution < -0.4 is 0 Å². The number of pyridine rings is 1. The van der Waals surface area contributed by atoms with Crippen LogP contribution in [0.25, 0.3) is 10.7 Å². The molecule has 23 heavy (non-hydrogen) atoms. The molecule has 6 nitrogen and oxygen atoms in total. The second kappa shape index (κ2) is 6.64. The summed E-state index contributed by atoms with van der Waals surface area (Å²) in [5.74, 6) is 0.309. The molecular formula is C15H20N4O2S2. The summed E-state index contributed by atoms with van der Waals surface area (Å²) in [6.07, 6.45) is 3.43. The summed E-state index contributed by atoms with van der Waals surface area (Å²) in [5, 5.41) is 2.85. The van der Waals surface area contributed by atoms with Crippen molar-refractivity contribution >= 4 is 21.5 Å². The van der Waals surface area contributed by atoms with Crippen molar-refractivity contribution in [2.24, 2.45) is 5.92 Å². The van der Waals surface area contributed by atoms with Crippen LogP contribution in [0.1, 0.15) is 12.1 Å². The van der Waals surface area contributed by atoms with Gasteiger partial charge in [0.2, 0.25) is 0 Å². The van der Waals surface area contributed by atoms with E-state index in [1.165, 1.54) is 4.31 Å². The van der Waals surface area contributed by atoms with E-state index in [2.05, 4.69) is 9.97 Å². The molecule has 0 spiro atoms. The summed E-state index contributed by atoms with van der Waals surface area (Å²) in [4.78, 5) is 8.96. The molecule has 124 valence electrons. The van der Waals surface area contributed by atoms with Gasteiger partial charge in [-0.15, -0.1) is 11.3 Å². The fourth-order valence-corrected chi connectivity index (χ4v) is 4.57. The molecule has 0 unspecified atom stereocenters. The first-order chi connectivity index (χ1) is 11.0. The predicted octanol–water partition coefficient (Wildman–Crippen LogP) is 1.88. The van der Waals surface area contributed by atoms with Gasteiger partial charge in [-0.3, -0.25) is 4.98 Å². The molecule has 0 radical (unpaired) electrons. The Labute approximate surface area is 141 Å². The Bertz CT molecular complexity index is 760. The van der Waals surface area contributed by atoms with E-state index in [9.17, 15) is 8.42 Å². The van der Waals surface area contributed by atoms with Crippen molar-refractivity contribution in [2.75, 3.05) is 27.2 Å². The van der Waals surface area contributed by atoms with Gasteiger partial charge in [-0.05, 0) is 30.9 Å². The number of hydrogen-bond donors (Lipinski definition) is 0. The number of thiazole rings is 1. The van der Waals surface area contributed by atoms with Crippen molar-refractivity contribution in [3.05, 3.63) is 35.5 Å². The van der Waals surface area contributed by atoms with Crippen LogP contribution in [0.2, 0.25) is 0 Å². The smallest absolute Gasteiger partial charge is 0.250 e. The Kier molecular flexibility index (Phi) is 4.77. The van der Waals surface area contributed by atoms with Gasteiger partial charge in [0.25, 0.3) is 10.2 Å². The molecule has 1 aliphatic rings. The zero-order valence-electron chi connectivity index (χ0n) is 13.2. The van der Waals surface area contributed by atoms with E-state index < -0.39 is 10.2 Å². The van der Waals surface area contributed by atoms with Crippen LogP contribution in [-0.4, -0.2) is 54.2 Å². The van der Waals surface area contributed by atoms with Crippen LogP contribution in [-0.2, 0) is 16.6 Å². The number of hydrogen-bond acceptors (Lipinski definition) is 5. The molecule has 8 heteroatoms. The Morgan fingerprint density at radius 2 is 2.22 bits per heavy atom.